The van der Waals surface area contributed by atoms with Crippen LogP contribution in [0.15, 0.2) is 41.0 Å². The Balaban J connectivity index is 2.17. The fourth-order valence-electron chi connectivity index (χ4n) is 2.08. The molecule has 5 heteroatoms. The number of carbonyl (C=O) groups is 1. The van der Waals surface area contributed by atoms with Gasteiger partial charge in [-0.25, -0.2) is 0 Å². The summed E-state index contributed by atoms with van der Waals surface area (Å²) in [5.41, 5.74) is 3.35. The van der Waals surface area contributed by atoms with Gasteiger partial charge in [-0.2, -0.15) is 0 Å². The van der Waals surface area contributed by atoms with Crippen molar-refractivity contribution in [2.45, 2.75) is 13.5 Å². The molecule has 110 valence electrons. The second-order valence-electron chi connectivity index (χ2n) is 4.91. The van der Waals surface area contributed by atoms with E-state index in [4.69, 9.17) is 0 Å². The molecule has 2 aromatic rings. The van der Waals surface area contributed by atoms with Crippen molar-refractivity contribution in [2.24, 2.45) is 0 Å². The second-order valence-corrected chi connectivity index (χ2v) is 5.82. The van der Waals surface area contributed by atoms with Gasteiger partial charge in [0.25, 0.3) is 5.91 Å². The molecule has 1 aromatic carbocycles. The Morgan fingerprint density at radius 3 is 2.62 bits per heavy atom. The third-order valence-electron chi connectivity index (χ3n) is 3.22. The van der Waals surface area contributed by atoms with Crippen LogP contribution in [0.2, 0.25) is 0 Å². The quantitative estimate of drug-likeness (QED) is 0.920. The number of pyridine rings is 1. The Kier molecular flexibility index (Phi) is 4.96. The van der Waals surface area contributed by atoms with Gasteiger partial charge in [0.05, 0.1) is 11.3 Å². The van der Waals surface area contributed by atoms with Gasteiger partial charge in [0.1, 0.15) is 0 Å². The molecule has 0 saturated heterocycles. The van der Waals surface area contributed by atoms with Gasteiger partial charge < -0.3 is 10.2 Å². The molecule has 1 N–H and O–H groups in total. The average Bonchev–Trinajstić information content (AvgIpc) is 2.48. The average molecular weight is 348 g/mol. The molecule has 0 aliphatic heterocycles. The SMILES string of the molecule is CNc1cc(C)ncc1C(=O)N(C)Cc1ccc(Br)cc1. The van der Waals surface area contributed by atoms with Gasteiger partial charge >= 0.3 is 0 Å². The highest BCUT2D eigenvalue weighted by Gasteiger charge is 2.16. The molecular formula is C16H18BrN3O. The number of carbonyl (C=O) groups excluding carboxylic acids is 1. The largest absolute Gasteiger partial charge is 0.387 e. The van der Waals surface area contributed by atoms with Crippen molar-refractivity contribution in [1.82, 2.24) is 9.88 Å². The highest BCUT2D eigenvalue weighted by atomic mass is 79.9. The predicted octanol–water partition coefficient (Wildman–Crippen LogP) is 3.47. The Morgan fingerprint density at radius 1 is 1.33 bits per heavy atom. The van der Waals surface area contributed by atoms with Crippen molar-refractivity contribution < 1.29 is 4.79 Å². The molecule has 0 atom stereocenters. The first-order valence-corrected chi connectivity index (χ1v) is 7.45. The minimum absolute atomic E-state index is 0.0465. The Labute approximate surface area is 133 Å². The third kappa shape index (κ3) is 3.82. The number of amides is 1. The van der Waals surface area contributed by atoms with Crippen LogP contribution in [0.1, 0.15) is 21.6 Å². The number of halogens is 1. The van der Waals surface area contributed by atoms with Crippen molar-refractivity contribution in [3.05, 3.63) is 57.8 Å². The van der Waals surface area contributed by atoms with E-state index in [2.05, 4.69) is 26.2 Å². The lowest BCUT2D eigenvalue weighted by Crippen LogP contribution is -2.27. The Hall–Kier alpha value is -1.88. The van der Waals surface area contributed by atoms with Crippen LogP contribution in [-0.2, 0) is 6.54 Å². The van der Waals surface area contributed by atoms with Crippen LogP contribution < -0.4 is 5.32 Å². The third-order valence-corrected chi connectivity index (χ3v) is 3.75. The van der Waals surface area contributed by atoms with Crippen molar-refractivity contribution in [3.8, 4) is 0 Å². The molecule has 2 rings (SSSR count). The van der Waals surface area contributed by atoms with Gasteiger partial charge in [0.2, 0.25) is 0 Å². The van der Waals surface area contributed by atoms with Crippen LogP contribution in [0, 0.1) is 6.92 Å². The Morgan fingerprint density at radius 2 is 2.00 bits per heavy atom. The number of aromatic nitrogens is 1. The van der Waals surface area contributed by atoms with Crippen molar-refractivity contribution in [3.63, 3.8) is 0 Å². The van der Waals surface area contributed by atoms with Crippen molar-refractivity contribution in [1.29, 1.82) is 0 Å². The summed E-state index contributed by atoms with van der Waals surface area (Å²) in [6.45, 7) is 2.46. The van der Waals surface area contributed by atoms with E-state index in [0.29, 0.717) is 12.1 Å². The normalized spacial score (nSPS) is 10.3. The van der Waals surface area contributed by atoms with E-state index in [-0.39, 0.29) is 5.91 Å². The predicted molar refractivity (Wildman–Crippen MR) is 88.5 cm³/mol. The first-order chi connectivity index (χ1) is 10.0. The van der Waals surface area contributed by atoms with Gasteiger partial charge in [-0.3, -0.25) is 9.78 Å². The molecule has 0 saturated carbocycles. The van der Waals surface area contributed by atoms with Crippen LogP contribution in [0.4, 0.5) is 5.69 Å². The molecular weight excluding hydrogens is 330 g/mol. The lowest BCUT2D eigenvalue weighted by Gasteiger charge is -2.19. The number of benzene rings is 1. The summed E-state index contributed by atoms with van der Waals surface area (Å²) in [7, 11) is 3.60. The summed E-state index contributed by atoms with van der Waals surface area (Å²) >= 11 is 3.41. The van der Waals surface area contributed by atoms with Crippen LogP contribution in [0.3, 0.4) is 0 Å². The van der Waals surface area contributed by atoms with Gasteiger partial charge in [0.15, 0.2) is 0 Å². The molecule has 0 aliphatic carbocycles. The highest BCUT2D eigenvalue weighted by molar-refractivity contribution is 9.10. The fraction of sp³-hybridized carbons (Fsp3) is 0.250. The number of nitrogens with zero attached hydrogens (tertiary/aromatic N) is 2. The van der Waals surface area contributed by atoms with E-state index in [1.54, 1.807) is 25.2 Å². The lowest BCUT2D eigenvalue weighted by molar-refractivity contribution is 0.0785. The summed E-state index contributed by atoms with van der Waals surface area (Å²) in [6, 6.07) is 9.82. The lowest BCUT2D eigenvalue weighted by atomic mass is 10.1. The number of hydrogen-bond donors (Lipinski definition) is 1. The summed E-state index contributed by atoms with van der Waals surface area (Å²) in [4.78, 5) is 18.5. The molecule has 0 bridgehead atoms. The summed E-state index contributed by atoms with van der Waals surface area (Å²) in [5, 5.41) is 3.05. The number of anilines is 1. The Bertz CT molecular complexity index is 640. The summed E-state index contributed by atoms with van der Waals surface area (Å²) < 4.78 is 1.03. The van der Waals surface area contributed by atoms with E-state index in [9.17, 15) is 4.79 Å². The fourth-order valence-corrected chi connectivity index (χ4v) is 2.34. The van der Waals surface area contributed by atoms with Crippen molar-refractivity contribution in [2.75, 3.05) is 19.4 Å². The first kappa shape index (κ1) is 15.5. The molecule has 21 heavy (non-hydrogen) atoms. The maximum absolute atomic E-state index is 12.5. The van der Waals surface area contributed by atoms with Gasteiger partial charge in [0, 0.05) is 37.0 Å². The maximum atomic E-state index is 12.5. The van der Waals surface area contributed by atoms with E-state index in [1.165, 1.54) is 0 Å². The number of nitrogens with one attached hydrogen (secondary N) is 1. The van der Waals surface area contributed by atoms with Gasteiger partial charge in [-0.05, 0) is 30.7 Å². The van der Waals surface area contributed by atoms with Gasteiger partial charge in [-0.1, -0.05) is 28.1 Å². The molecule has 1 aromatic heterocycles. The molecule has 0 unspecified atom stereocenters. The highest BCUT2D eigenvalue weighted by Crippen LogP contribution is 2.18. The molecule has 1 amide bonds. The van der Waals surface area contributed by atoms with Crippen LogP contribution in [0.25, 0.3) is 0 Å². The van der Waals surface area contributed by atoms with E-state index in [0.717, 1.165) is 21.4 Å². The van der Waals surface area contributed by atoms with Crippen LogP contribution >= 0.6 is 15.9 Å². The minimum Gasteiger partial charge on any atom is -0.387 e. The van der Waals surface area contributed by atoms with Gasteiger partial charge in [-0.15, -0.1) is 0 Å². The standard InChI is InChI=1S/C16H18BrN3O/c1-11-8-15(18-2)14(9-19-11)16(21)20(3)10-12-4-6-13(17)7-5-12/h4-9H,10H2,1-3H3,(H,18,19). The maximum Gasteiger partial charge on any atom is 0.257 e. The zero-order chi connectivity index (χ0) is 15.4. The van der Waals surface area contributed by atoms with Crippen molar-refractivity contribution >= 4 is 27.5 Å². The molecule has 1 heterocycles. The molecule has 0 radical (unpaired) electrons. The van der Waals surface area contributed by atoms with Crippen LogP contribution in [-0.4, -0.2) is 29.9 Å². The van der Waals surface area contributed by atoms with E-state index in [1.807, 2.05) is 37.3 Å². The van der Waals surface area contributed by atoms with Crippen LogP contribution in [0.5, 0.6) is 0 Å². The number of rotatable bonds is 4. The monoisotopic (exact) mass is 347 g/mol. The first-order valence-electron chi connectivity index (χ1n) is 6.65. The van der Waals surface area contributed by atoms with E-state index < -0.39 is 0 Å². The molecule has 0 fully saturated rings. The molecule has 4 nitrogen and oxygen atoms in total. The smallest absolute Gasteiger partial charge is 0.257 e. The zero-order valence-electron chi connectivity index (χ0n) is 12.4. The zero-order valence-corrected chi connectivity index (χ0v) is 13.9. The number of hydrogen-bond acceptors (Lipinski definition) is 3. The second kappa shape index (κ2) is 6.72. The number of aryl methyl sites for hydroxylation is 1. The summed E-state index contributed by atoms with van der Waals surface area (Å²) in [5.74, 6) is -0.0465. The minimum atomic E-state index is -0.0465. The molecule has 0 aliphatic rings. The van der Waals surface area contributed by atoms with E-state index >= 15 is 0 Å². The topological polar surface area (TPSA) is 45.2 Å². The molecule has 0 spiro atoms. The summed E-state index contributed by atoms with van der Waals surface area (Å²) in [6.07, 6.45) is 1.63.